The fourth-order valence-corrected chi connectivity index (χ4v) is 2.70. The molecule has 1 aliphatic heterocycles. The van der Waals surface area contributed by atoms with Gasteiger partial charge in [-0.1, -0.05) is 44.2 Å². The van der Waals surface area contributed by atoms with Crippen molar-refractivity contribution in [1.29, 1.82) is 0 Å². The highest BCUT2D eigenvalue weighted by Gasteiger charge is 2.55. The van der Waals surface area contributed by atoms with E-state index in [1.807, 2.05) is 30.3 Å². The predicted octanol–water partition coefficient (Wildman–Crippen LogP) is 2.56. The van der Waals surface area contributed by atoms with E-state index in [-0.39, 0.29) is 5.41 Å². The Kier molecular flexibility index (Phi) is 3.09. The van der Waals surface area contributed by atoms with E-state index < -0.39 is 17.4 Å². The minimum atomic E-state index is -1.36. The quantitative estimate of drug-likeness (QED) is 0.881. The molecule has 4 heteroatoms. The molecule has 1 aromatic carbocycles. The van der Waals surface area contributed by atoms with Gasteiger partial charge in [-0.3, -0.25) is 5.32 Å². The summed E-state index contributed by atoms with van der Waals surface area (Å²) in [6.07, 6.45) is -0.0492. The average Bonchev–Trinajstić information content (AvgIpc) is 2.47. The summed E-state index contributed by atoms with van der Waals surface area (Å²) in [4.78, 5) is 11.4. The zero-order valence-electron chi connectivity index (χ0n) is 11.9. The lowest BCUT2D eigenvalue weighted by Gasteiger charge is -2.39. The molecule has 2 atom stereocenters. The lowest BCUT2D eigenvalue weighted by Crippen LogP contribution is -2.55. The highest BCUT2D eigenvalue weighted by Crippen LogP contribution is 2.41. The lowest BCUT2D eigenvalue weighted by molar-refractivity contribution is -0.106. The van der Waals surface area contributed by atoms with Crippen molar-refractivity contribution in [3.8, 4) is 0 Å². The molecule has 19 heavy (non-hydrogen) atoms. The molecule has 0 spiro atoms. The molecule has 0 bridgehead atoms. The van der Waals surface area contributed by atoms with Crippen molar-refractivity contribution in [2.24, 2.45) is 0 Å². The Labute approximate surface area is 113 Å². The second kappa shape index (κ2) is 4.23. The molecule has 2 N–H and O–H groups in total. The molecule has 2 rings (SSSR count). The standard InChI is InChI=1S/C15H21NO3/c1-13(2,11-8-6-5-7-9-11)10-14(3)15(4,18)16-12(17)19-14/h5-9,18H,10H2,1-4H3,(H,16,17)/t14-,15-/m1/s1. The van der Waals surface area contributed by atoms with Crippen molar-refractivity contribution in [3.63, 3.8) is 0 Å². The van der Waals surface area contributed by atoms with Crippen LogP contribution in [0.15, 0.2) is 30.3 Å². The summed E-state index contributed by atoms with van der Waals surface area (Å²) in [5.74, 6) is 0. The fraction of sp³-hybridized carbons (Fsp3) is 0.533. The van der Waals surface area contributed by atoms with Crippen molar-refractivity contribution in [2.75, 3.05) is 0 Å². The summed E-state index contributed by atoms with van der Waals surface area (Å²) in [6, 6.07) is 10.0. The van der Waals surface area contributed by atoms with Crippen LogP contribution in [0.2, 0.25) is 0 Å². The van der Waals surface area contributed by atoms with Gasteiger partial charge in [0.05, 0.1) is 0 Å². The van der Waals surface area contributed by atoms with Crippen LogP contribution in [0.5, 0.6) is 0 Å². The number of hydrogen-bond donors (Lipinski definition) is 2. The zero-order valence-corrected chi connectivity index (χ0v) is 11.9. The summed E-state index contributed by atoms with van der Waals surface area (Å²) < 4.78 is 5.32. The average molecular weight is 263 g/mol. The van der Waals surface area contributed by atoms with Gasteiger partial charge in [-0.25, -0.2) is 4.79 Å². The summed E-state index contributed by atoms with van der Waals surface area (Å²) >= 11 is 0. The van der Waals surface area contributed by atoms with Crippen LogP contribution < -0.4 is 5.32 Å². The number of aliphatic hydroxyl groups is 1. The molecule has 1 saturated heterocycles. The van der Waals surface area contributed by atoms with E-state index >= 15 is 0 Å². The van der Waals surface area contributed by atoms with E-state index in [4.69, 9.17) is 4.74 Å². The van der Waals surface area contributed by atoms with E-state index in [1.54, 1.807) is 13.8 Å². The van der Waals surface area contributed by atoms with Gasteiger partial charge in [0, 0.05) is 6.42 Å². The van der Waals surface area contributed by atoms with Crippen molar-refractivity contribution in [3.05, 3.63) is 35.9 Å². The first-order valence-electron chi connectivity index (χ1n) is 6.45. The third kappa shape index (κ3) is 2.45. The van der Waals surface area contributed by atoms with Crippen molar-refractivity contribution in [1.82, 2.24) is 5.32 Å². The lowest BCUT2D eigenvalue weighted by atomic mass is 9.73. The Morgan fingerprint density at radius 3 is 2.32 bits per heavy atom. The van der Waals surface area contributed by atoms with E-state index in [9.17, 15) is 9.90 Å². The van der Waals surface area contributed by atoms with E-state index in [2.05, 4.69) is 19.2 Å². The SMILES string of the molecule is CC(C)(C[C@@]1(C)OC(=O)N[C@]1(C)O)c1ccccc1. The number of alkyl carbamates (subject to hydrolysis) is 1. The van der Waals surface area contributed by atoms with Crippen LogP contribution >= 0.6 is 0 Å². The number of rotatable bonds is 3. The van der Waals surface area contributed by atoms with Gasteiger partial charge in [-0.05, 0) is 24.8 Å². The molecule has 1 fully saturated rings. The molecule has 1 amide bonds. The van der Waals surface area contributed by atoms with E-state index in [0.717, 1.165) is 5.56 Å². The van der Waals surface area contributed by atoms with Crippen LogP contribution in [-0.4, -0.2) is 22.5 Å². The number of carbonyl (C=O) groups is 1. The molecule has 0 saturated carbocycles. The first-order chi connectivity index (χ1) is 8.66. The second-order valence-electron chi connectivity index (χ2n) is 6.24. The summed E-state index contributed by atoms with van der Waals surface area (Å²) in [6.45, 7) is 7.49. The molecule has 1 aliphatic rings. The Morgan fingerprint density at radius 2 is 1.84 bits per heavy atom. The molecule has 0 radical (unpaired) electrons. The van der Waals surface area contributed by atoms with Gasteiger partial charge in [0.1, 0.15) is 0 Å². The smallest absolute Gasteiger partial charge is 0.410 e. The number of carbonyl (C=O) groups excluding carboxylic acids is 1. The highest BCUT2D eigenvalue weighted by atomic mass is 16.6. The summed E-state index contributed by atoms with van der Waals surface area (Å²) in [5, 5.41) is 12.8. The number of cyclic esters (lactones) is 1. The number of amides is 1. The van der Waals surface area contributed by atoms with E-state index in [0.29, 0.717) is 6.42 Å². The van der Waals surface area contributed by atoms with Crippen molar-refractivity contribution < 1.29 is 14.6 Å². The van der Waals surface area contributed by atoms with Gasteiger partial charge in [0.25, 0.3) is 0 Å². The number of hydrogen-bond acceptors (Lipinski definition) is 3. The Morgan fingerprint density at radius 1 is 1.26 bits per heavy atom. The summed E-state index contributed by atoms with van der Waals surface area (Å²) in [5.41, 5.74) is -1.39. The van der Waals surface area contributed by atoms with Gasteiger partial charge in [0.15, 0.2) is 11.3 Å². The van der Waals surface area contributed by atoms with E-state index in [1.165, 1.54) is 0 Å². The maximum Gasteiger partial charge on any atom is 0.410 e. The third-order valence-electron chi connectivity index (χ3n) is 4.03. The molecule has 1 aromatic rings. The van der Waals surface area contributed by atoms with Gasteiger partial charge in [-0.2, -0.15) is 0 Å². The Bertz CT molecular complexity index is 481. The first-order valence-corrected chi connectivity index (χ1v) is 6.45. The molecule has 104 valence electrons. The fourth-order valence-electron chi connectivity index (χ4n) is 2.70. The second-order valence-corrected chi connectivity index (χ2v) is 6.24. The van der Waals surface area contributed by atoms with Gasteiger partial charge >= 0.3 is 6.09 Å². The summed E-state index contributed by atoms with van der Waals surface area (Å²) in [7, 11) is 0. The Balaban J connectivity index is 2.27. The predicted molar refractivity (Wildman–Crippen MR) is 72.7 cm³/mol. The van der Waals surface area contributed by atoms with Gasteiger partial charge in [-0.15, -0.1) is 0 Å². The van der Waals surface area contributed by atoms with Crippen LogP contribution in [0.3, 0.4) is 0 Å². The third-order valence-corrected chi connectivity index (χ3v) is 4.03. The van der Waals surface area contributed by atoms with Crippen LogP contribution in [0.4, 0.5) is 4.79 Å². The Hall–Kier alpha value is -1.55. The van der Waals surface area contributed by atoms with Crippen LogP contribution in [-0.2, 0) is 10.2 Å². The first kappa shape index (κ1) is 13.9. The minimum absolute atomic E-state index is 0.216. The van der Waals surface area contributed by atoms with Crippen LogP contribution in [0.25, 0.3) is 0 Å². The maximum absolute atomic E-state index is 11.4. The maximum atomic E-state index is 11.4. The number of ether oxygens (including phenoxy) is 1. The van der Waals surface area contributed by atoms with Crippen LogP contribution in [0.1, 0.15) is 39.7 Å². The van der Waals surface area contributed by atoms with Gasteiger partial charge in [0.2, 0.25) is 0 Å². The zero-order chi connectivity index (χ0) is 14.3. The largest absolute Gasteiger partial charge is 0.438 e. The van der Waals surface area contributed by atoms with Gasteiger partial charge < -0.3 is 9.84 Å². The molecule has 0 aromatic heterocycles. The van der Waals surface area contributed by atoms with Crippen molar-refractivity contribution in [2.45, 2.75) is 50.9 Å². The molecule has 1 heterocycles. The molecule has 4 nitrogen and oxygen atoms in total. The highest BCUT2D eigenvalue weighted by molar-refractivity contribution is 5.71. The topological polar surface area (TPSA) is 58.6 Å². The molecular weight excluding hydrogens is 242 g/mol. The van der Waals surface area contributed by atoms with Crippen LogP contribution in [0, 0.1) is 0 Å². The molecule has 0 aliphatic carbocycles. The normalized spacial score (nSPS) is 30.9. The number of benzene rings is 1. The van der Waals surface area contributed by atoms with Crippen molar-refractivity contribution >= 4 is 6.09 Å². The molecular formula is C15H21NO3. The minimum Gasteiger partial charge on any atom is -0.438 e. The number of nitrogens with one attached hydrogen (secondary N) is 1. The monoisotopic (exact) mass is 263 g/mol. The molecule has 0 unspecified atom stereocenters.